The van der Waals surface area contributed by atoms with Crippen molar-refractivity contribution >= 4 is 17.7 Å². The Morgan fingerprint density at radius 2 is 1.64 bits per heavy atom. The van der Waals surface area contributed by atoms with Gasteiger partial charge in [-0.15, -0.1) is 5.10 Å². The maximum Gasteiger partial charge on any atom is 0.251 e. The maximum atomic E-state index is 12.5. The molecule has 10 heteroatoms. The van der Waals surface area contributed by atoms with Gasteiger partial charge >= 0.3 is 0 Å². The maximum absolute atomic E-state index is 12.5. The van der Waals surface area contributed by atoms with Gasteiger partial charge in [0.05, 0.1) is 18.8 Å². The lowest BCUT2D eigenvalue weighted by atomic mass is 9.91. The van der Waals surface area contributed by atoms with E-state index in [0.29, 0.717) is 17.9 Å². The van der Waals surface area contributed by atoms with Gasteiger partial charge in [0.25, 0.3) is 5.91 Å². The number of tetrazole rings is 1. The molecule has 1 aliphatic heterocycles. The third kappa shape index (κ3) is 7.32. The monoisotopic (exact) mass is 621 g/mol. The molecule has 0 saturated carbocycles. The van der Waals surface area contributed by atoms with Gasteiger partial charge in [-0.2, -0.15) is 0 Å². The molecule has 45 heavy (non-hydrogen) atoms. The molecule has 5 aromatic rings. The van der Waals surface area contributed by atoms with Crippen molar-refractivity contribution in [3.63, 3.8) is 0 Å². The predicted octanol–water partition coefficient (Wildman–Crippen LogP) is 5.88. The minimum atomic E-state index is -0.569. The Labute approximate surface area is 266 Å². The number of carbonyl (C=O) groups is 1. The van der Waals surface area contributed by atoms with Crippen molar-refractivity contribution in [1.82, 2.24) is 25.5 Å². The number of benzene rings is 4. The molecule has 4 atom stereocenters. The number of aliphatic hydroxyl groups excluding tert-OH is 1. The van der Waals surface area contributed by atoms with Gasteiger partial charge < -0.3 is 19.9 Å². The number of ether oxygens (including phenoxy) is 2. The SMILES string of the molecule is C[C@H]1[C@@H](CSc2nnnn2C)O[C@@H](c2ccc(-c3cccc(CNC(=O)c4ccccc4)c3)cc2)O[C@H]1c1ccc(CO)cc1. The van der Waals surface area contributed by atoms with E-state index in [1.807, 2.05) is 73.8 Å². The summed E-state index contributed by atoms with van der Waals surface area (Å²) in [6.07, 6.45) is -0.905. The second-order valence-corrected chi connectivity index (χ2v) is 12.1. The standard InChI is InChI=1S/C35H35N5O4S/c1-23-31(22-45-35-37-38-39-40(35)2)43-34(44-32(23)27-13-11-24(21-41)12-14-27)29-17-15-26(16-18-29)30-10-6-7-25(19-30)20-36-33(42)28-8-4-3-5-9-28/h3-19,23,31-32,34,41H,20-22H2,1-2H3,(H,36,42)/t23-,31+,32+,34+/m0/s1. The number of aromatic nitrogens is 4. The van der Waals surface area contributed by atoms with Gasteiger partial charge in [-0.25, -0.2) is 4.68 Å². The molecule has 6 rings (SSSR count). The summed E-state index contributed by atoms with van der Waals surface area (Å²) in [5, 5.41) is 25.1. The van der Waals surface area contributed by atoms with Crippen molar-refractivity contribution in [3.05, 3.63) is 131 Å². The van der Waals surface area contributed by atoms with Crippen molar-refractivity contribution in [2.75, 3.05) is 5.75 Å². The highest BCUT2D eigenvalue weighted by molar-refractivity contribution is 7.99. The van der Waals surface area contributed by atoms with Gasteiger partial charge in [0.1, 0.15) is 0 Å². The average molecular weight is 622 g/mol. The van der Waals surface area contributed by atoms with Gasteiger partial charge in [0, 0.05) is 36.4 Å². The van der Waals surface area contributed by atoms with Crippen LogP contribution in [0, 0.1) is 5.92 Å². The normalized spacial score (nSPS) is 19.7. The smallest absolute Gasteiger partial charge is 0.251 e. The highest BCUT2D eigenvalue weighted by atomic mass is 32.2. The van der Waals surface area contributed by atoms with Crippen molar-refractivity contribution in [3.8, 4) is 11.1 Å². The Morgan fingerprint density at radius 1 is 0.889 bits per heavy atom. The number of amides is 1. The van der Waals surface area contributed by atoms with Crippen LogP contribution in [0.25, 0.3) is 11.1 Å². The number of aliphatic hydroxyl groups is 1. The molecule has 0 bridgehead atoms. The zero-order chi connectivity index (χ0) is 31.2. The number of thioether (sulfide) groups is 1. The van der Waals surface area contributed by atoms with E-state index in [2.05, 4.69) is 52.0 Å². The van der Waals surface area contributed by atoms with Gasteiger partial charge in [0.15, 0.2) is 6.29 Å². The summed E-state index contributed by atoms with van der Waals surface area (Å²) in [6, 6.07) is 33.5. The van der Waals surface area contributed by atoms with Crippen molar-refractivity contribution in [2.24, 2.45) is 13.0 Å². The van der Waals surface area contributed by atoms with Crippen molar-refractivity contribution < 1.29 is 19.4 Å². The first-order valence-corrected chi connectivity index (χ1v) is 15.9. The molecular weight excluding hydrogens is 586 g/mol. The van der Waals surface area contributed by atoms with Crippen LogP contribution in [0.3, 0.4) is 0 Å². The molecule has 0 unspecified atom stereocenters. The summed E-state index contributed by atoms with van der Waals surface area (Å²) in [7, 11) is 1.82. The van der Waals surface area contributed by atoms with Gasteiger partial charge in [-0.05, 0) is 56.4 Å². The highest BCUT2D eigenvalue weighted by Gasteiger charge is 2.38. The molecule has 0 aliphatic carbocycles. The zero-order valence-corrected chi connectivity index (χ0v) is 25.9. The number of hydrogen-bond acceptors (Lipinski definition) is 8. The molecule has 1 amide bonds. The number of nitrogens with one attached hydrogen (secondary N) is 1. The average Bonchev–Trinajstić information content (AvgIpc) is 3.51. The third-order valence-corrected chi connectivity index (χ3v) is 9.11. The summed E-state index contributed by atoms with van der Waals surface area (Å²) in [4.78, 5) is 12.5. The van der Waals surface area contributed by atoms with E-state index in [0.717, 1.165) is 38.5 Å². The summed E-state index contributed by atoms with van der Waals surface area (Å²) >= 11 is 1.56. The van der Waals surface area contributed by atoms with Crippen LogP contribution in [0.4, 0.5) is 0 Å². The molecule has 9 nitrogen and oxygen atoms in total. The van der Waals surface area contributed by atoms with Crippen LogP contribution in [0.1, 0.15) is 51.9 Å². The Balaban J connectivity index is 1.18. The largest absolute Gasteiger partial charge is 0.392 e. The number of rotatable bonds is 10. The van der Waals surface area contributed by atoms with Crippen LogP contribution in [0.5, 0.6) is 0 Å². The van der Waals surface area contributed by atoms with Gasteiger partial charge in [-0.1, -0.05) is 104 Å². The topological polar surface area (TPSA) is 111 Å². The molecule has 4 aromatic carbocycles. The molecule has 1 aliphatic rings. The van der Waals surface area contributed by atoms with Crippen LogP contribution in [-0.4, -0.2) is 43.1 Å². The van der Waals surface area contributed by atoms with E-state index >= 15 is 0 Å². The highest BCUT2D eigenvalue weighted by Crippen LogP contribution is 2.43. The van der Waals surface area contributed by atoms with E-state index in [9.17, 15) is 9.90 Å². The molecule has 2 N–H and O–H groups in total. The summed E-state index contributed by atoms with van der Waals surface area (Å²) in [5.74, 6) is 0.616. The van der Waals surface area contributed by atoms with E-state index in [-0.39, 0.29) is 30.6 Å². The summed E-state index contributed by atoms with van der Waals surface area (Å²) < 4.78 is 14.8. The van der Waals surface area contributed by atoms with Gasteiger partial charge in [-0.3, -0.25) is 4.79 Å². The molecule has 2 heterocycles. The molecule has 0 spiro atoms. The van der Waals surface area contributed by atoms with E-state index < -0.39 is 6.29 Å². The number of nitrogens with zero attached hydrogens (tertiary/aromatic N) is 4. The number of aryl methyl sites for hydroxylation is 1. The van der Waals surface area contributed by atoms with Gasteiger partial charge in [0.2, 0.25) is 5.16 Å². The van der Waals surface area contributed by atoms with Crippen LogP contribution in [0.2, 0.25) is 0 Å². The van der Waals surface area contributed by atoms with Crippen molar-refractivity contribution in [1.29, 1.82) is 0 Å². The first-order chi connectivity index (χ1) is 22.0. The summed E-state index contributed by atoms with van der Waals surface area (Å²) in [5.41, 5.74) is 6.58. The molecule has 1 aromatic heterocycles. The number of hydrogen-bond donors (Lipinski definition) is 2. The molecule has 1 fully saturated rings. The first kappa shape index (κ1) is 30.7. The lowest BCUT2D eigenvalue weighted by Crippen LogP contribution is -2.38. The van der Waals surface area contributed by atoms with E-state index in [4.69, 9.17) is 9.47 Å². The van der Waals surface area contributed by atoms with Crippen molar-refractivity contribution in [2.45, 2.75) is 43.7 Å². The fourth-order valence-corrected chi connectivity index (χ4v) is 6.39. The minimum absolute atomic E-state index is 0.00429. The fraction of sp³-hybridized carbons (Fsp3) is 0.257. The second kappa shape index (κ2) is 14.2. The molecule has 230 valence electrons. The fourth-order valence-electron chi connectivity index (χ4n) is 5.38. The van der Waals surface area contributed by atoms with E-state index in [1.54, 1.807) is 28.6 Å². The Morgan fingerprint density at radius 3 is 2.36 bits per heavy atom. The van der Waals surface area contributed by atoms with Crippen LogP contribution in [0.15, 0.2) is 108 Å². The second-order valence-electron chi connectivity index (χ2n) is 11.1. The summed E-state index contributed by atoms with van der Waals surface area (Å²) in [6.45, 7) is 2.57. The van der Waals surface area contributed by atoms with Crippen LogP contribution >= 0.6 is 11.8 Å². The van der Waals surface area contributed by atoms with Crippen LogP contribution < -0.4 is 5.32 Å². The van der Waals surface area contributed by atoms with E-state index in [1.165, 1.54) is 0 Å². The first-order valence-electron chi connectivity index (χ1n) is 14.9. The Kier molecular flexibility index (Phi) is 9.66. The zero-order valence-electron chi connectivity index (χ0n) is 25.1. The lowest BCUT2D eigenvalue weighted by molar-refractivity contribution is -0.268. The molecular formula is C35H35N5O4S. The Bertz CT molecular complexity index is 1710. The predicted molar refractivity (Wildman–Crippen MR) is 172 cm³/mol. The molecule has 1 saturated heterocycles. The van der Waals surface area contributed by atoms with Crippen LogP contribution in [-0.2, 0) is 29.7 Å². The quantitative estimate of drug-likeness (QED) is 0.186. The molecule has 0 radical (unpaired) electrons. The Hall–Kier alpha value is -4.35. The third-order valence-electron chi connectivity index (χ3n) is 8.01. The number of carbonyl (C=O) groups excluding carboxylic acids is 1. The lowest BCUT2D eigenvalue weighted by Gasteiger charge is -2.41. The minimum Gasteiger partial charge on any atom is -0.392 e.